The number of alkyl halides is 2. The molecule has 0 atom stereocenters. The Hall–Kier alpha value is -3.09. The van der Waals surface area contributed by atoms with Gasteiger partial charge in [-0.15, -0.1) is 0 Å². The van der Waals surface area contributed by atoms with Gasteiger partial charge in [-0.25, -0.2) is 0 Å². The number of methoxy groups -OCH3 is 1. The van der Waals surface area contributed by atoms with Crippen LogP contribution in [0.1, 0.15) is 11.1 Å². The molecule has 26 heavy (non-hydrogen) atoms. The highest BCUT2D eigenvalue weighted by Gasteiger charge is 2.14. The fourth-order valence-corrected chi connectivity index (χ4v) is 2.65. The Kier molecular flexibility index (Phi) is 5.06. The van der Waals surface area contributed by atoms with Gasteiger partial charge >= 0.3 is 6.61 Å². The van der Waals surface area contributed by atoms with Crippen molar-refractivity contribution in [3.05, 3.63) is 53.8 Å². The molecule has 0 fully saturated rings. The maximum Gasteiger partial charge on any atom is 0.387 e. The molecule has 3 aromatic rings. The zero-order chi connectivity index (χ0) is 18.7. The molecule has 0 aliphatic rings. The van der Waals surface area contributed by atoms with Crippen LogP contribution in [0, 0.1) is 6.92 Å². The van der Waals surface area contributed by atoms with Gasteiger partial charge in [0, 0.05) is 22.7 Å². The number of halogens is 2. The van der Waals surface area contributed by atoms with Crippen LogP contribution < -0.4 is 14.8 Å². The molecule has 0 aliphatic carbocycles. The van der Waals surface area contributed by atoms with Gasteiger partial charge in [0.25, 0.3) is 0 Å². The van der Waals surface area contributed by atoms with Crippen LogP contribution in [0.2, 0.25) is 0 Å². The van der Waals surface area contributed by atoms with E-state index in [-0.39, 0.29) is 23.8 Å². The molecule has 0 bridgehead atoms. The van der Waals surface area contributed by atoms with Crippen molar-refractivity contribution in [1.82, 2.24) is 0 Å². The zero-order valence-electron chi connectivity index (χ0n) is 14.2. The summed E-state index contributed by atoms with van der Waals surface area (Å²) >= 11 is 0. The smallest absolute Gasteiger partial charge is 0.387 e. The molecule has 0 unspecified atom stereocenters. The average molecular weight is 361 g/mol. The molecule has 136 valence electrons. The van der Waals surface area contributed by atoms with Gasteiger partial charge in [0.15, 0.2) is 11.5 Å². The van der Waals surface area contributed by atoms with Gasteiger partial charge < -0.3 is 19.2 Å². The molecule has 0 radical (unpaired) electrons. The second kappa shape index (κ2) is 7.43. The number of furan rings is 1. The van der Waals surface area contributed by atoms with Gasteiger partial charge in [-0.2, -0.15) is 8.78 Å². The summed E-state index contributed by atoms with van der Waals surface area (Å²) in [5, 5.41) is 3.52. The average Bonchev–Trinajstić information content (AvgIpc) is 2.96. The summed E-state index contributed by atoms with van der Waals surface area (Å²) in [5.74, 6) is -0.300. The van der Waals surface area contributed by atoms with Gasteiger partial charge in [0.05, 0.1) is 19.8 Å². The molecule has 0 spiro atoms. The summed E-state index contributed by atoms with van der Waals surface area (Å²) in [6, 6.07) is 10.0. The van der Waals surface area contributed by atoms with E-state index in [0.717, 1.165) is 16.5 Å². The number of amides is 1. The first kappa shape index (κ1) is 17.7. The van der Waals surface area contributed by atoms with Crippen LogP contribution >= 0.6 is 0 Å². The molecule has 0 saturated carbocycles. The minimum absolute atomic E-state index is 0.0904. The van der Waals surface area contributed by atoms with Crippen LogP contribution in [0.5, 0.6) is 11.5 Å². The number of aryl methyl sites for hydroxylation is 1. The maximum absolute atomic E-state index is 12.5. The number of fused-ring (bicyclic) bond motifs is 1. The van der Waals surface area contributed by atoms with E-state index in [2.05, 4.69) is 10.1 Å². The third-order valence-corrected chi connectivity index (χ3v) is 3.83. The number of ether oxygens (including phenoxy) is 2. The molecule has 1 N–H and O–H groups in total. The SMILES string of the molecule is COc1ccc(NC(=O)Cc2coc3cc(C)ccc23)cc1OC(F)F. The first-order valence-electron chi connectivity index (χ1n) is 7.85. The first-order chi connectivity index (χ1) is 12.5. The van der Waals surface area contributed by atoms with E-state index < -0.39 is 6.61 Å². The third kappa shape index (κ3) is 3.93. The Bertz CT molecular complexity index is 936. The monoisotopic (exact) mass is 361 g/mol. The van der Waals surface area contributed by atoms with Crippen LogP contribution in [-0.2, 0) is 11.2 Å². The van der Waals surface area contributed by atoms with Crippen LogP contribution in [0.3, 0.4) is 0 Å². The second-order valence-electron chi connectivity index (χ2n) is 5.73. The van der Waals surface area contributed by atoms with Crippen LogP contribution in [0.15, 0.2) is 47.1 Å². The molecule has 3 rings (SSSR count). The Morgan fingerprint density at radius 1 is 1.19 bits per heavy atom. The van der Waals surface area contributed by atoms with Crippen molar-refractivity contribution in [1.29, 1.82) is 0 Å². The van der Waals surface area contributed by atoms with E-state index in [1.807, 2.05) is 25.1 Å². The third-order valence-electron chi connectivity index (χ3n) is 3.83. The highest BCUT2D eigenvalue weighted by atomic mass is 19.3. The molecule has 1 amide bonds. The van der Waals surface area contributed by atoms with Gasteiger partial charge in [-0.3, -0.25) is 4.79 Å². The molecule has 7 heteroatoms. The number of anilines is 1. The highest BCUT2D eigenvalue weighted by molar-refractivity contribution is 5.95. The second-order valence-corrected chi connectivity index (χ2v) is 5.73. The molecule has 0 aliphatic heterocycles. The summed E-state index contributed by atoms with van der Waals surface area (Å²) in [4.78, 5) is 12.3. The zero-order valence-corrected chi connectivity index (χ0v) is 14.2. The van der Waals surface area contributed by atoms with Crippen LogP contribution in [-0.4, -0.2) is 19.6 Å². The molecule has 2 aromatic carbocycles. The van der Waals surface area contributed by atoms with Gasteiger partial charge in [0.1, 0.15) is 5.58 Å². The normalized spacial score (nSPS) is 11.0. The molecule has 5 nitrogen and oxygen atoms in total. The fourth-order valence-electron chi connectivity index (χ4n) is 2.65. The molecular formula is C19H17F2NO4. The lowest BCUT2D eigenvalue weighted by Crippen LogP contribution is -2.14. The minimum Gasteiger partial charge on any atom is -0.493 e. The van der Waals surface area contributed by atoms with Crippen molar-refractivity contribution in [2.45, 2.75) is 20.0 Å². The number of carbonyl (C=O) groups is 1. The highest BCUT2D eigenvalue weighted by Crippen LogP contribution is 2.31. The number of rotatable bonds is 6. The van der Waals surface area contributed by atoms with E-state index in [1.54, 1.807) is 12.3 Å². The number of hydrogen-bond acceptors (Lipinski definition) is 4. The van der Waals surface area contributed by atoms with Gasteiger partial charge in [-0.05, 0) is 30.7 Å². The van der Waals surface area contributed by atoms with E-state index in [4.69, 9.17) is 9.15 Å². The Balaban J connectivity index is 1.75. The quantitative estimate of drug-likeness (QED) is 0.701. The van der Waals surface area contributed by atoms with Crippen molar-refractivity contribution in [2.75, 3.05) is 12.4 Å². The molecule has 0 saturated heterocycles. The van der Waals surface area contributed by atoms with E-state index in [9.17, 15) is 13.6 Å². The first-order valence-corrected chi connectivity index (χ1v) is 7.85. The van der Waals surface area contributed by atoms with Crippen molar-refractivity contribution in [3.8, 4) is 11.5 Å². The maximum atomic E-state index is 12.5. The van der Waals surface area contributed by atoms with E-state index in [1.165, 1.54) is 19.2 Å². The lowest BCUT2D eigenvalue weighted by molar-refractivity contribution is -0.115. The summed E-state index contributed by atoms with van der Waals surface area (Å²) in [6.07, 6.45) is 1.64. The van der Waals surface area contributed by atoms with Crippen LogP contribution in [0.25, 0.3) is 11.0 Å². The molecule has 1 heterocycles. The summed E-state index contributed by atoms with van der Waals surface area (Å²) in [7, 11) is 1.34. The molecular weight excluding hydrogens is 344 g/mol. The number of carbonyl (C=O) groups excluding carboxylic acids is 1. The predicted octanol–water partition coefficient (Wildman–Crippen LogP) is 4.53. The van der Waals surface area contributed by atoms with Gasteiger partial charge in [0.2, 0.25) is 5.91 Å². The number of hydrogen-bond donors (Lipinski definition) is 1. The Morgan fingerprint density at radius 2 is 2.00 bits per heavy atom. The van der Waals surface area contributed by atoms with Crippen molar-refractivity contribution in [2.24, 2.45) is 0 Å². The van der Waals surface area contributed by atoms with Crippen molar-refractivity contribution in [3.63, 3.8) is 0 Å². The summed E-state index contributed by atoms with van der Waals surface area (Å²) in [6.45, 7) is -1.03. The van der Waals surface area contributed by atoms with E-state index >= 15 is 0 Å². The van der Waals surface area contributed by atoms with E-state index in [0.29, 0.717) is 11.3 Å². The summed E-state index contributed by atoms with van der Waals surface area (Å²) in [5.41, 5.74) is 2.85. The largest absolute Gasteiger partial charge is 0.493 e. The topological polar surface area (TPSA) is 60.7 Å². The Labute approximate surface area is 148 Å². The van der Waals surface area contributed by atoms with Crippen molar-refractivity contribution >= 4 is 22.6 Å². The van der Waals surface area contributed by atoms with Gasteiger partial charge in [-0.1, -0.05) is 12.1 Å². The lowest BCUT2D eigenvalue weighted by Gasteiger charge is -2.12. The molecule has 1 aromatic heterocycles. The standard InChI is InChI=1S/C19H17F2NO4/c1-11-3-5-14-12(10-25-16(14)7-11)8-18(23)22-13-4-6-15(24-2)17(9-13)26-19(20)21/h3-7,9-10,19H,8H2,1-2H3,(H,22,23). The Morgan fingerprint density at radius 3 is 2.73 bits per heavy atom. The van der Waals surface area contributed by atoms with Crippen molar-refractivity contribution < 1.29 is 27.5 Å². The fraction of sp³-hybridized carbons (Fsp3) is 0.211. The minimum atomic E-state index is -2.99. The number of nitrogens with one attached hydrogen (secondary N) is 1. The van der Waals surface area contributed by atoms with Crippen LogP contribution in [0.4, 0.5) is 14.5 Å². The predicted molar refractivity (Wildman–Crippen MR) is 92.9 cm³/mol. The lowest BCUT2D eigenvalue weighted by atomic mass is 10.1. The summed E-state index contributed by atoms with van der Waals surface area (Å²) < 4.78 is 39.8. The number of benzene rings is 2.